The highest BCUT2D eigenvalue weighted by atomic mass is 32.1. The van der Waals surface area contributed by atoms with Crippen molar-refractivity contribution >= 4 is 39.8 Å². The van der Waals surface area contributed by atoms with Crippen LogP contribution in [0.5, 0.6) is 0 Å². The number of amides is 2. The molecule has 1 fully saturated rings. The topological polar surface area (TPSA) is 96.5 Å². The lowest BCUT2D eigenvalue weighted by Crippen LogP contribution is -2.25. The number of nitrogens with one attached hydrogen (secondary N) is 3. The molecule has 2 amide bonds. The normalized spacial score (nSPS) is 14.5. The van der Waals surface area contributed by atoms with Crippen LogP contribution in [0.15, 0.2) is 72.8 Å². The first kappa shape index (κ1) is 31.7. The number of hydrogen-bond donors (Lipinski definition) is 3. The molecule has 238 valence electrons. The van der Waals surface area contributed by atoms with Crippen LogP contribution in [0, 0.1) is 0 Å². The summed E-state index contributed by atoms with van der Waals surface area (Å²) in [6.07, 6.45) is 10.6. The number of hydrogen-bond acceptors (Lipinski definition) is 6. The van der Waals surface area contributed by atoms with Gasteiger partial charge >= 0.3 is 5.97 Å². The van der Waals surface area contributed by atoms with Crippen molar-refractivity contribution in [2.75, 3.05) is 17.7 Å². The molecular weight excluding hydrogens is 595 g/mol. The highest BCUT2D eigenvalue weighted by molar-refractivity contribution is 7.17. The van der Waals surface area contributed by atoms with E-state index in [1.165, 1.54) is 49.0 Å². The Labute approximate surface area is 274 Å². The van der Waals surface area contributed by atoms with Gasteiger partial charge in [0.2, 0.25) is 0 Å². The predicted molar refractivity (Wildman–Crippen MR) is 184 cm³/mol. The fourth-order valence-electron chi connectivity index (χ4n) is 6.45. The van der Waals surface area contributed by atoms with E-state index in [4.69, 9.17) is 4.74 Å². The molecule has 2 aliphatic rings. The molecule has 3 N–H and O–H groups in total. The number of carbonyl (C=O) groups excluding carboxylic acids is 3. The Morgan fingerprint density at radius 3 is 2.17 bits per heavy atom. The van der Waals surface area contributed by atoms with E-state index in [2.05, 4.69) is 22.0 Å². The monoisotopic (exact) mass is 635 g/mol. The first-order valence-electron chi connectivity index (χ1n) is 16.3. The second-order valence-electron chi connectivity index (χ2n) is 12.3. The molecule has 0 spiro atoms. The van der Waals surface area contributed by atoms with Gasteiger partial charge in [0.1, 0.15) is 5.00 Å². The van der Waals surface area contributed by atoms with E-state index in [1.54, 1.807) is 12.1 Å². The zero-order valence-electron chi connectivity index (χ0n) is 26.3. The molecule has 0 saturated heterocycles. The van der Waals surface area contributed by atoms with Crippen molar-refractivity contribution in [3.8, 4) is 0 Å². The number of benzene rings is 3. The van der Waals surface area contributed by atoms with Gasteiger partial charge in [0.15, 0.2) is 0 Å². The third kappa shape index (κ3) is 7.74. The minimum absolute atomic E-state index is 0.192. The van der Waals surface area contributed by atoms with Crippen LogP contribution in [0.4, 0.5) is 10.7 Å². The fraction of sp³-hybridized carbons (Fsp3) is 0.342. The van der Waals surface area contributed by atoms with Crippen LogP contribution >= 0.6 is 11.3 Å². The van der Waals surface area contributed by atoms with Gasteiger partial charge in [0.25, 0.3) is 11.8 Å². The first-order chi connectivity index (χ1) is 22.5. The Morgan fingerprint density at radius 1 is 0.761 bits per heavy atom. The lowest BCUT2D eigenvalue weighted by molar-refractivity contribution is 0.0600. The van der Waals surface area contributed by atoms with Crippen LogP contribution in [0.25, 0.3) is 0 Å². The maximum Gasteiger partial charge on any atom is 0.337 e. The smallest absolute Gasteiger partial charge is 0.337 e. The van der Waals surface area contributed by atoms with Gasteiger partial charge in [-0.15, -0.1) is 11.3 Å². The molecular formula is C38H41N3O4S. The Kier molecular flexibility index (Phi) is 10.3. The number of fused-ring (bicyclic) bond motifs is 1. The second-order valence-corrected chi connectivity index (χ2v) is 13.4. The SMILES string of the molecule is COC(=O)c1ccc(CCc2ccc(NC(=O)c3c(NC(=O)c4cccc(CNC5CCCC5)c4)sc4c3CCCC4)cc2)cc1. The van der Waals surface area contributed by atoms with Crippen molar-refractivity contribution in [1.82, 2.24) is 5.32 Å². The Bertz CT molecular complexity index is 1690. The van der Waals surface area contributed by atoms with E-state index >= 15 is 0 Å². The van der Waals surface area contributed by atoms with Gasteiger partial charge in [0, 0.05) is 28.7 Å². The molecule has 0 radical (unpaired) electrons. The molecule has 2 aliphatic carbocycles. The summed E-state index contributed by atoms with van der Waals surface area (Å²) >= 11 is 1.53. The molecule has 4 aromatic rings. The molecule has 8 heteroatoms. The average Bonchev–Trinajstić information content (AvgIpc) is 3.75. The quantitative estimate of drug-likeness (QED) is 0.147. The molecule has 7 nitrogen and oxygen atoms in total. The second kappa shape index (κ2) is 14.9. The largest absolute Gasteiger partial charge is 0.465 e. The van der Waals surface area contributed by atoms with Gasteiger partial charge in [-0.1, -0.05) is 49.2 Å². The van der Waals surface area contributed by atoms with E-state index in [9.17, 15) is 14.4 Å². The summed E-state index contributed by atoms with van der Waals surface area (Å²) in [6.45, 7) is 0.746. The number of aryl methyl sites for hydroxylation is 3. The number of esters is 1. The van der Waals surface area contributed by atoms with Crippen molar-refractivity contribution in [2.24, 2.45) is 0 Å². The van der Waals surface area contributed by atoms with E-state index in [0.717, 1.165) is 67.3 Å². The summed E-state index contributed by atoms with van der Waals surface area (Å²) in [5.41, 5.74) is 6.87. The minimum atomic E-state index is -0.339. The summed E-state index contributed by atoms with van der Waals surface area (Å²) in [7, 11) is 1.38. The Morgan fingerprint density at radius 2 is 1.46 bits per heavy atom. The number of methoxy groups -OCH3 is 1. The van der Waals surface area contributed by atoms with Crippen LogP contribution in [0.1, 0.15) is 96.7 Å². The van der Waals surface area contributed by atoms with Gasteiger partial charge in [-0.05, 0) is 110 Å². The first-order valence-corrected chi connectivity index (χ1v) is 17.1. The van der Waals surface area contributed by atoms with Crippen LogP contribution in [0.2, 0.25) is 0 Å². The molecule has 0 unspecified atom stereocenters. The van der Waals surface area contributed by atoms with E-state index in [1.807, 2.05) is 54.6 Å². The van der Waals surface area contributed by atoms with Gasteiger partial charge < -0.3 is 20.7 Å². The average molecular weight is 636 g/mol. The van der Waals surface area contributed by atoms with Crippen LogP contribution < -0.4 is 16.0 Å². The Hall–Kier alpha value is -4.27. The lowest BCUT2D eigenvalue weighted by Gasteiger charge is -2.14. The standard InChI is InChI=1S/C38H41N3O4S/c1-45-38(44)28-19-15-25(16-20-28)13-14-26-17-21-31(22-18-26)40-36(43)34-32-11-4-5-12-33(32)46-37(34)41-35(42)29-8-6-7-27(23-29)24-39-30-9-2-3-10-30/h6-8,15-23,30,39H,2-5,9-14,24H2,1H3,(H,40,43)(H,41,42). The molecule has 3 aromatic carbocycles. The zero-order valence-corrected chi connectivity index (χ0v) is 27.1. The third-order valence-corrected chi connectivity index (χ3v) is 10.3. The lowest BCUT2D eigenvalue weighted by atomic mass is 9.95. The number of rotatable bonds is 11. The number of ether oxygens (including phenoxy) is 1. The molecule has 46 heavy (non-hydrogen) atoms. The minimum Gasteiger partial charge on any atom is -0.465 e. The number of anilines is 2. The van der Waals surface area contributed by atoms with Crippen LogP contribution in [-0.2, 0) is 37.0 Å². The Balaban J connectivity index is 1.10. The van der Waals surface area contributed by atoms with E-state index in [-0.39, 0.29) is 17.8 Å². The molecule has 1 heterocycles. The fourth-order valence-corrected chi connectivity index (χ4v) is 7.73. The maximum atomic E-state index is 13.7. The van der Waals surface area contributed by atoms with Crippen LogP contribution in [0.3, 0.4) is 0 Å². The molecule has 0 aliphatic heterocycles. The van der Waals surface area contributed by atoms with Gasteiger partial charge in [-0.3, -0.25) is 9.59 Å². The molecule has 0 bridgehead atoms. The summed E-state index contributed by atoms with van der Waals surface area (Å²) in [6, 6.07) is 23.7. The summed E-state index contributed by atoms with van der Waals surface area (Å²) in [5, 5.41) is 10.4. The van der Waals surface area contributed by atoms with Gasteiger partial charge in [0.05, 0.1) is 18.2 Å². The third-order valence-electron chi connectivity index (χ3n) is 9.05. The predicted octanol–water partition coefficient (Wildman–Crippen LogP) is 7.74. The van der Waals surface area contributed by atoms with Crippen molar-refractivity contribution in [3.63, 3.8) is 0 Å². The summed E-state index contributed by atoms with van der Waals surface area (Å²) < 4.78 is 4.77. The number of carbonyl (C=O) groups is 3. The van der Waals surface area contributed by atoms with E-state index in [0.29, 0.717) is 33.4 Å². The van der Waals surface area contributed by atoms with E-state index < -0.39 is 0 Å². The van der Waals surface area contributed by atoms with Crippen LogP contribution in [-0.4, -0.2) is 30.9 Å². The highest BCUT2D eigenvalue weighted by Crippen LogP contribution is 2.39. The number of thiophene rings is 1. The summed E-state index contributed by atoms with van der Waals surface area (Å²) in [5.74, 6) is -0.725. The molecule has 0 atom stereocenters. The molecule has 6 rings (SSSR count). The van der Waals surface area contributed by atoms with Crippen molar-refractivity contribution in [2.45, 2.75) is 76.8 Å². The van der Waals surface area contributed by atoms with Crippen molar-refractivity contribution in [1.29, 1.82) is 0 Å². The van der Waals surface area contributed by atoms with Gasteiger partial charge in [-0.25, -0.2) is 4.79 Å². The van der Waals surface area contributed by atoms with Crippen molar-refractivity contribution in [3.05, 3.63) is 117 Å². The summed E-state index contributed by atoms with van der Waals surface area (Å²) in [4.78, 5) is 40.1. The van der Waals surface area contributed by atoms with Crippen molar-refractivity contribution < 1.29 is 19.1 Å². The molecule has 1 aromatic heterocycles. The van der Waals surface area contributed by atoms with Gasteiger partial charge in [-0.2, -0.15) is 0 Å². The molecule has 1 saturated carbocycles. The highest BCUT2D eigenvalue weighted by Gasteiger charge is 2.27. The maximum absolute atomic E-state index is 13.7. The zero-order chi connectivity index (χ0) is 31.9.